The van der Waals surface area contributed by atoms with Crippen LogP contribution in [0.2, 0.25) is 0 Å². The molecule has 5 nitrogen and oxygen atoms in total. The molecule has 2 aromatic rings. The molecule has 1 amide bonds. The number of aromatic nitrogens is 2. The van der Waals surface area contributed by atoms with Crippen LogP contribution in [0.3, 0.4) is 0 Å². The number of H-pyrrole nitrogens is 1. The topological polar surface area (TPSA) is 67.0 Å². The molecule has 0 unspecified atom stereocenters. The molecular weight excluding hydrogens is 266 g/mol. The quantitative estimate of drug-likeness (QED) is 0.851. The van der Waals surface area contributed by atoms with Crippen molar-refractivity contribution in [1.82, 2.24) is 10.2 Å². The molecule has 0 bridgehead atoms. The van der Waals surface area contributed by atoms with Gasteiger partial charge in [-0.05, 0) is 43.2 Å². The highest BCUT2D eigenvalue weighted by Crippen LogP contribution is 2.26. The van der Waals surface area contributed by atoms with E-state index in [9.17, 15) is 4.79 Å². The average molecular weight is 283 g/mol. The van der Waals surface area contributed by atoms with Crippen LogP contribution in [-0.2, 0) is 11.2 Å². The van der Waals surface area contributed by atoms with Gasteiger partial charge in [0.15, 0.2) is 5.82 Å². The molecule has 1 aromatic heterocycles. The van der Waals surface area contributed by atoms with Gasteiger partial charge < -0.3 is 10.1 Å². The monoisotopic (exact) mass is 283 g/mol. The van der Waals surface area contributed by atoms with E-state index in [1.807, 2.05) is 26.0 Å². The first-order chi connectivity index (χ1) is 10.1. The lowest BCUT2D eigenvalue weighted by Gasteiger charge is -2.01. The summed E-state index contributed by atoms with van der Waals surface area (Å²) < 4.78 is 5.46. The van der Waals surface area contributed by atoms with Crippen molar-refractivity contribution in [2.45, 2.75) is 20.3 Å². The summed E-state index contributed by atoms with van der Waals surface area (Å²) in [4.78, 5) is 11.9. The van der Waals surface area contributed by atoms with E-state index in [4.69, 9.17) is 4.74 Å². The second-order valence-electron chi connectivity index (χ2n) is 5.11. The fraction of sp³-hybridized carbons (Fsp3) is 0.250. The fourth-order valence-corrected chi connectivity index (χ4v) is 2.25. The minimum Gasteiger partial charge on any atom is -0.493 e. The summed E-state index contributed by atoms with van der Waals surface area (Å²) in [6.07, 6.45) is 4.23. The number of carbonyl (C=O) groups excluding carboxylic acids is 1. The maximum absolute atomic E-state index is 11.9. The van der Waals surface area contributed by atoms with Crippen molar-refractivity contribution < 1.29 is 9.53 Å². The van der Waals surface area contributed by atoms with Crippen molar-refractivity contribution in [2.24, 2.45) is 0 Å². The number of carbonyl (C=O) groups is 1. The molecule has 0 fully saturated rings. The maximum Gasteiger partial charge on any atom is 0.249 e. The summed E-state index contributed by atoms with van der Waals surface area (Å²) in [5, 5.41) is 9.65. The lowest BCUT2D eigenvalue weighted by molar-refractivity contribution is -0.111. The lowest BCUT2D eigenvalue weighted by atomic mass is 10.1. The van der Waals surface area contributed by atoms with Crippen molar-refractivity contribution >= 4 is 17.8 Å². The first kappa shape index (κ1) is 13.4. The minimum absolute atomic E-state index is 0.193. The van der Waals surface area contributed by atoms with E-state index in [0.717, 1.165) is 35.6 Å². The van der Waals surface area contributed by atoms with Crippen molar-refractivity contribution in [3.63, 3.8) is 0 Å². The summed E-state index contributed by atoms with van der Waals surface area (Å²) >= 11 is 0. The Morgan fingerprint density at radius 2 is 2.29 bits per heavy atom. The molecular formula is C16H17N3O2. The minimum atomic E-state index is -0.193. The number of ether oxygens (including phenoxy) is 1. The fourth-order valence-electron chi connectivity index (χ4n) is 2.25. The normalized spacial score (nSPS) is 13.2. The summed E-state index contributed by atoms with van der Waals surface area (Å²) in [6.45, 7) is 4.57. The largest absolute Gasteiger partial charge is 0.493 e. The number of nitrogens with one attached hydrogen (secondary N) is 2. The van der Waals surface area contributed by atoms with E-state index >= 15 is 0 Å². The number of anilines is 1. The molecule has 0 aliphatic carbocycles. The molecule has 0 saturated heterocycles. The smallest absolute Gasteiger partial charge is 0.249 e. The van der Waals surface area contributed by atoms with E-state index < -0.39 is 0 Å². The molecule has 2 heterocycles. The highest BCUT2D eigenvalue weighted by Gasteiger charge is 2.11. The molecule has 5 heteroatoms. The summed E-state index contributed by atoms with van der Waals surface area (Å²) in [7, 11) is 0. The van der Waals surface area contributed by atoms with Gasteiger partial charge in [-0.15, -0.1) is 0 Å². The number of fused-ring (bicyclic) bond motifs is 1. The first-order valence-corrected chi connectivity index (χ1v) is 6.90. The van der Waals surface area contributed by atoms with Gasteiger partial charge in [0.25, 0.3) is 0 Å². The van der Waals surface area contributed by atoms with E-state index in [-0.39, 0.29) is 5.91 Å². The molecule has 3 rings (SSSR count). The van der Waals surface area contributed by atoms with Gasteiger partial charge in [0.1, 0.15) is 5.75 Å². The van der Waals surface area contributed by atoms with E-state index in [1.54, 1.807) is 6.08 Å². The molecule has 1 aromatic carbocycles. The third kappa shape index (κ3) is 2.81. The summed E-state index contributed by atoms with van der Waals surface area (Å²) in [5.74, 6) is 1.32. The van der Waals surface area contributed by atoms with Crippen molar-refractivity contribution in [1.29, 1.82) is 0 Å². The molecule has 0 atom stereocenters. The molecule has 108 valence electrons. The number of aryl methyl sites for hydroxylation is 1. The van der Waals surface area contributed by atoms with Crippen molar-refractivity contribution in [2.75, 3.05) is 11.9 Å². The zero-order valence-electron chi connectivity index (χ0n) is 12.1. The molecule has 0 radical (unpaired) electrons. The van der Waals surface area contributed by atoms with Gasteiger partial charge in [0.2, 0.25) is 5.91 Å². The predicted molar refractivity (Wildman–Crippen MR) is 81.4 cm³/mol. The van der Waals surface area contributed by atoms with Crippen molar-refractivity contribution in [3.05, 3.63) is 46.7 Å². The number of hydrogen-bond acceptors (Lipinski definition) is 3. The van der Waals surface area contributed by atoms with Gasteiger partial charge in [0.05, 0.1) is 6.61 Å². The third-order valence-corrected chi connectivity index (χ3v) is 3.64. The summed E-state index contributed by atoms with van der Waals surface area (Å²) in [6, 6.07) is 5.94. The third-order valence-electron chi connectivity index (χ3n) is 3.64. The molecule has 0 spiro atoms. The molecule has 1 aliphatic heterocycles. The highest BCUT2D eigenvalue weighted by molar-refractivity contribution is 6.01. The Hall–Kier alpha value is -2.56. The number of rotatable bonds is 3. The lowest BCUT2D eigenvalue weighted by Crippen LogP contribution is -2.09. The highest BCUT2D eigenvalue weighted by atomic mass is 16.5. The van der Waals surface area contributed by atoms with E-state index in [2.05, 4.69) is 21.6 Å². The van der Waals surface area contributed by atoms with Crippen LogP contribution in [0.4, 0.5) is 5.82 Å². The zero-order valence-corrected chi connectivity index (χ0v) is 12.1. The number of aromatic amines is 1. The van der Waals surface area contributed by atoms with Crippen LogP contribution in [0, 0.1) is 13.8 Å². The van der Waals surface area contributed by atoms with E-state index in [0.29, 0.717) is 5.82 Å². The Morgan fingerprint density at radius 1 is 1.43 bits per heavy atom. The Morgan fingerprint density at radius 3 is 3.05 bits per heavy atom. The van der Waals surface area contributed by atoms with Crippen LogP contribution >= 0.6 is 0 Å². The van der Waals surface area contributed by atoms with Crippen LogP contribution in [0.1, 0.15) is 22.4 Å². The predicted octanol–water partition coefficient (Wildman–Crippen LogP) is 2.61. The second kappa shape index (κ2) is 5.44. The maximum atomic E-state index is 11.9. The zero-order chi connectivity index (χ0) is 14.8. The van der Waals surface area contributed by atoms with Gasteiger partial charge in [-0.2, -0.15) is 5.10 Å². The Balaban J connectivity index is 1.68. The van der Waals surface area contributed by atoms with Crippen LogP contribution in [0.25, 0.3) is 6.08 Å². The molecule has 1 aliphatic rings. The standard InChI is InChI=1S/C16H17N3O2/c1-10-11(2)18-19-16(10)17-15(20)6-4-12-3-5-14-13(9-12)7-8-21-14/h3-6,9H,7-8H2,1-2H3,(H2,17,18,19,20)/b6-4+. The van der Waals surface area contributed by atoms with Gasteiger partial charge in [-0.3, -0.25) is 9.89 Å². The molecule has 0 saturated carbocycles. The second-order valence-corrected chi connectivity index (χ2v) is 5.11. The number of amides is 1. The van der Waals surface area contributed by atoms with E-state index in [1.165, 1.54) is 11.6 Å². The van der Waals surface area contributed by atoms with Gasteiger partial charge in [0, 0.05) is 23.8 Å². The Labute approximate surface area is 123 Å². The molecule has 2 N–H and O–H groups in total. The van der Waals surface area contributed by atoms with Crippen LogP contribution in [0.15, 0.2) is 24.3 Å². The van der Waals surface area contributed by atoms with Crippen LogP contribution in [-0.4, -0.2) is 22.7 Å². The Kier molecular flexibility index (Phi) is 3.48. The number of hydrogen-bond donors (Lipinski definition) is 2. The number of nitrogens with zero attached hydrogens (tertiary/aromatic N) is 1. The summed E-state index contributed by atoms with van der Waals surface area (Å²) in [5.41, 5.74) is 4.08. The van der Waals surface area contributed by atoms with Crippen LogP contribution < -0.4 is 10.1 Å². The van der Waals surface area contributed by atoms with Gasteiger partial charge in [-0.25, -0.2) is 0 Å². The average Bonchev–Trinajstić information content (AvgIpc) is 3.06. The van der Waals surface area contributed by atoms with Crippen LogP contribution in [0.5, 0.6) is 5.75 Å². The van der Waals surface area contributed by atoms with Gasteiger partial charge in [-0.1, -0.05) is 6.07 Å². The first-order valence-electron chi connectivity index (χ1n) is 6.90. The Bertz CT molecular complexity index is 716. The number of benzene rings is 1. The van der Waals surface area contributed by atoms with Gasteiger partial charge >= 0.3 is 0 Å². The SMILES string of the molecule is Cc1[nH]nc(NC(=O)/C=C/c2ccc3c(c2)CCO3)c1C. The molecule has 21 heavy (non-hydrogen) atoms. The van der Waals surface area contributed by atoms with Crippen molar-refractivity contribution in [3.8, 4) is 5.75 Å².